The Morgan fingerprint density at radius 2 is 1.57 bits per heavy atom. The van der Waals surface area contributed by atoms with E-state index in [9.17, 15) is 34.1 Å². The van der Waals surface area contributed by atoms with Crippen LogP contribution >= 0.6 is 11.8 Å². The lowest BCUT2D eigenvalue weighted by molar-refractivity contribution is -0.384. The van der Waals surface area contributed by atoms with Gasteiger partial charge in [0.2, 0.25) is 0 Å². The second kappa shape index (κ2) is 12.2. The Hall–Kier alpha value is -5.10. The molecule has 1 fully saturated rings. The predicted octanol–water partition coefficient (Wildman–Crippen LogP) is 4.62. The molecule has 11 nitrogen and oxygen atoms in total. The average Bonchev–Trinajstić information content (AvgIpc) is 3.20. The van der Waals surface area contributed by atoms with Crippen LogP contribution in [0.15, 0.2) is 77.7 Å². The van der Waals surface area contributed by atoms with E-state index < -0.39 is 46.9 Å². The Bertz CT molecular complexity index is 1530. The van der Waals surface area contributed by atoms with Gasteiger partial charge in [-0.3, -0.25) is 34.2 Å². The maximum Gasteiger partial charge on any atom is 0.338 e. The lowest BCUT2D eigenvalue weighted by atomic mass is 10.1. The zero-order valence-corrected chi connectivity index (χ0v) is 21.8. The van der Waals surface area contributed by atoms with Gasteiger partial charge < -0.3 is 10.1 Å². The van der Waals surface area contributed by atoms with E-state index in [4.69, 9.17) is 4.74 Å². The molecule has 0 spiro atoms. The first-order chi connectivity index (χ1) is 19.1. The van der Waals surface area contributed by atoms with Gasteiger partial charge in [0.05, 0.1) is 21.9 Å². The molecule has 1 aliphatic heterocycles. The number of aryl methyl sites for hydroxylation is 1. The molecule has 3 aromatic carbocycles. The van der Waals surface area contributed by atoms with E-state index in [-0.39, 0.29) is 21.7 Å². The Morgan fingerprint density at radius 1 is 0.950 bits per heavy atom. The summed E-state index contributed by atoms with van der Waals surface area (Å²) in [5.41, 5.74) is 2.26. The minimum atomic E-state index is -0.712. The lowest BCUT2D eigenvalue weighted by Gasteiger charge is -2.11. The zero-order chi connectivity index (χ0) is 28.8. The first-order valence-electron chi connectivity index (χ1n) is 11.8. The molecule has 1 saturated heterocycles. The average molecular weight is 560 g/mol. The van der Waals surface area contributed by atoms with Crippen molar-refractivity contribution < 1.29 is 33.6 Å². The number of rotatable bonds is 9. The molecule has 4 rings (SSSR count). The van der Waals surface area contributed by atoms with Gasteiger partial charge in [0.1, 0.15) is 0 Å². The number of imide groups is 1. The quantitative estimate of drug-likeness (QED) is 0.130. The molecule has 3 amide bonds. The van der Waals surface area contributed by atoms with Crippen LogP contribution in [0.2, 0.25) is 0 Å². The van der Waals surface area contributed by atoms with Crippen LogP contribution in [0.5, 0.6) is 0 Å². The van der Waals surface area contributed by atoms with Crippen LogP contribution in [0.4, 0.5) is 16.2 Å². The molecule has 12 heteroatoms. The summed E-state index contributed by atoms with van der Waals surface area (Å²) in [4.78, 5) is 73.1. The number of esters is 1. The fourth-order valence-corrected chi connectivity index (χ4v) is 4.39. The van der Waals surface area contributed by atoms with E-state index in [1.54, 1.807) is 24.3 Å². The molecular formula is C28H21N3O8S. The highest BCUT2D eigenvalue weighted by Gasteiger charge is 2.36. The third-order valence-electron chi connectivity index (χ3n) is 5.69. The first-order valence-corrected chi connectivity index (χ1v) is 12.6. The number of nitrogens with one attached hydrogen (secondary N) is 1. The monoisotopic (exact) mass is 559 g/mol. The number of carbonyl (C=O) groups is 5. The van der Waals surface area contributed by atoms with Crippen molar-refractivity contribution in [2.75, 3.05) is 18.5 Å². The molecule has 40 heavy (non-hydrogen) atoms. The SMILES string of the molecule is Cc1ccc(NC(=O)COC(=O)c2ccc(/C=C3\SC(=O)N(CC(=O)c4ccc([N+](=O)[O-])cc4)C3=O)cc2)cc1. The summed E-state index contributed by atoms with van der Waals surface area (Å²) < 4.78 is 5.05. The van der Waals surface area contributed by atoms with Crippen LogP contribution < -0.4 is 5.32 Å². The third-order valence-corrected chi connectivity index (χ3v) is 6.60. The zero-order valence-electron chi connectivity index (χ0n) is 21.0. The van der Waals surface area contributed by atoms with Crippen molar-refractivity contribution in [2.45, 2.75) is 6.92 Å². The van der Waals surface area contributed by atoms with Gasteiger partial charge in [0.15, 0.2) is 12.4 Å². The second-order valence-corrected chi connectivity index (χ2v) is 9.60. The highest BCUT2D eigenvalue weighted by Crippen LogP contribution is 2.32. The Balaban J connectivity index is 1.33. The number of nitrogens with zero attached hydrogens (tertiary/aromatic N) is 2. The fraction of sp³-hybridized carbons (Fsp3) is 0.107. The summed E-state index contributed by atoms with van der Waals surface area (Å²) in [7, 11) is 0. The first kappa shape index (κ1) is 27.9. The molecule has 0 aliphatic carbocycles. The Kier molecular flexibility index (Phi) is 8.50. The molecule has 1 N–H and O–H groups in total. The van der Waals surface area contributed by atoms with Crippen molar-refractivity contribution in [3.8, 4) is 0 Å². The fourth-order valence-electron chi connectivity index (χ4n) is 3.56. The standard InChI is InChI=1S/C28H21N3O8S/c1-17-2-10-21(11-3-17)29-25(33)16-39-27(35)20-6-4-18(5-7-20)14-24-26(34)30(28(36)40-24)15-23(32)19-8-12-22(13-9-19)31(37)38/h2-14H,15-16H2,1H3,(H,29,33)/b24-14-. The summed E-state index contributed by atoms with van der Waals surface area (Å²) in [6.45, 7) is 0.936. The van der Waals surface area contributed by atoms with Crippen molar-refractivity contribution >= 4 is 58.0 Å². The number of hydrogen-bond donors (Lipinski definition) is 1. The molecule has 1 heterocycles. The van der Waals surface area contributed by atoms with Crippen molar-refractivity contribution in [1.82, 2.24) is 4.90 Å². The lowest BCUT2D eigenvalue weighted by Crippen LogP contribution is -2.33. The highest BCUT2D eigenvalue weighted by atomic mass is 32.2. The summed E-state index contributed by atoms with van der Waals surface area (Å²) >= 11 is 0.664. The van der Waals surface area contributed by atoms with E-state index in [1.807, 2.05) is 19.1 Å². The van der Waals surface area contributed by atoms with Crippen LogP contribution in [-0.4, -0.2) is 51.8 Å². The van der Waals surface area contributed by atoms with E-state index in [1.165, 1.54) is 42.5 Å². The minimum absolute atomic E-state index is 0.0876. The van der Waals surface area contributed by atoms with E-state index >= 15 is 0 Å². The number of ketones is 1. The van der Waals surface area contributed by atoms with Crippen molar-refractivity contribution in [3.05, 3.63) is 110 Å². The van der Waals surface area contributed by atoms with Gasteiger partial charge in [-0.15, -0.1) is 0 Å². The number of benzene rings is 3. The largest absolute Gasteiger partial charge is 0.452 e. The topological polar surface area (TPSA) is 153 Å². The van der Waals surface area contributed by atoms with E-state index in [2.05, 4.69) is 5.32 Å². The number of thioether (sulfide) groups is 1. The van der Waals surface area contributed by atoms with Crippen molar-refractivity contribution in [2.24, 2.45) is 0 Å². The number of ether oxygens (including phenoxy) is 1. The van der Waals surface area contributed by atoms with Gasteiger partial charge in [-0.05, 0) is 66.7 Å². The number of nitro benzene ring substituents is 1. The molecular weight excluding hydrogens is 538 g/mol. The number of Topliss-reactive ketones (excluding diaryl/α,β-unsaturated/α-hetero) is 1. The van der Waals surface area contributed by atoms with Gasteiger partial charge in [-0.25, -0.2) is 4.79 Å². The summed E-state index contributed by atoms with van der Waals surface area (Å²) in [5.74, 6) is -2.41. The minimum Gasteiger partial charge on any atom is -0.452 e. The van der Waals surface area contributed by atoms with Gasteiger partial charge in [0.25, 0.3) is 22.7 Å². The van der Waals surface area contributed by atoms with E-state index in [0.29, 0.717) is 23.0 Å². The molecule has 0 atom stereocenters. The predicted molar refractivity (Wildman–Crippen MR) is 147 cm³/mol. The third kappa shape index (κ3) is 6.85. The molecule has 202 valence electrons. The van der Waals surface area contributed by atoms with Crippen LogP contribution in [0.25, 0.3) is 6.08 Å². The number of amides is 3. The molecule has 0 aromatic heterocycles. The maximum atomic E-state index is 12.8. The molecule has 0 saturated carbocycles. The van der Waals surface area contributed by atoms with Crippen LogP contribution in [0.1, 0.15) is 31.8 Å². The Labute approximate surface area is 232 Å². The number of hydrogen-bond acceptors (Lipinski definition) is 9. The van der Waals surface area contributed by atoms with Crippen LogP contribution in [0.3, 0.4) is 0 Å². The van der Waals surface area contributed by atoms with Gasteiger partial charge in [0, 0.05) is 23.4 Å². The number of carbonyl (C=O) groups excluding carboxylic acids is 5. The van der Waals surface area contributed by atoms with Crippen LogP contribution in [0, 0.1) is 17.0 Å². The van der Waals surface area contributed by atoms with Crippen molar-refractivity contribution in [1.29, 1.82) is 0 Å². The molecule has 3 aromatic rings. The number of nitro groups is 1. The molecule has 0 bridgehead atoms. The molecule has 0 unspecified atom stereocenters. The smallest absolute Gasteiger partial charge is 0.338 e. The van der Waals surface area contributed by atoms with E-state index in [0.717, 1.165) is 10.5 Å². The van der Waals surface area contributed by atoms with Gasteiger partial charge in [-0.2, -0.15) is 0 Å². The summed E-state index contributed by atoms with van der Waals surface area (Å²) in [6.07, 6.45) is 1.45. The van der Waals surface area contributed by atoms with Crippen molar-refractivity contribution in [3.63, 3.8) is 0 Å². The normalized spacial score (nSPS) is 13.8. The van der Waals surface area contributed by atoms with Gasteiger partial charge >= 0.3 is 5.97 Å². The Morgan fingerprint density at radius 3 is 2.20 bits per heavy atom. The molecule has 1 aliphatic rings. The highest BCUT2D eigenvalue weighted by molar-refractivity contribution is 8.18. The summed E-state index contributed by atoms with van der Waals surface area (Å²) in [5, 5.41) is 12.8. The molecule has 0 radical (unpaired) electrons. The van der Waals surface area contributed by atoms with Crippen LogP contribution in [-0.2, 0) is 14.3 Å². The number of anilines is 1. The summed E-state index contributed by atoms with van der Waals surface area (Å²) in [6, 6.07) is 18.0. The maximum absolute atomic E-state index is 12.8. The second-order valence-electron chi connectivity index (χ2n) is 8.61. The number of non-ortho nitro benzene ring substituents is 1. The van der Waals surface area contributed by atoms with Gasteiger partial charge in [-0.1, -0.05) is 29.8 Å².